The number of likely N-dealkylation sites (N-methyl/N-ethyl adjacent to an activating group) is 1. The van der Waals surface area contributed by atoms with Crippen LogP contribution in [0.1, 0.15) is 24.2 Å². The number of aliphatic hydroxyl groups excluding tert-OH is 1. The highest BCUT2D eigenvalue weighted by Crippen LogP contribution is 2.30. The fourth-order valence-electron chi connectivity index (χ4n) is 3.94. The Balaban J connectivity index is 1.80. The Hall–Kier alpha value is -3.84. The third-order valence-electron chi connectivity index (χ3n) is 6.39. The molecule has 0 aliphatic carbocycles. The van der Waals surface area contributed by atoms with Gasteiger partial charge in [0.05, 0.1) is 25.2 Å². The number of aliphatic hydroxyl groups is 1. The van der Waals surface area contributed by atoms with E-state index in [1.807, 2.05) is 19.0 Å². The van der Waals surface area contributed by atoms with E-state index in [0.717, 1.165) is 12.8 Å². The van der Waals surface area contributed by atoms with Gasteiger partial charge in [0.2, 0.25) is 15.9 Å². The van der Waals surface area contributed by atoms with Gasteiger partial charge in [-0.3, -0.25) is 14.8 Å². The summed E-state index contributed by atoms with van der Waals surface area (Å²) in [5.74, 6) is 0.649. The first-order chi connectivity index (χ1) is 19.3. The van der Waals surface area contributed by atoms with Crippen molar-refractivity contribution in [3.63, 3.8) is 0 Å². The molecule has 222 valence electrons. The van der Waals surface area contributed by atoms with E-state index in [4.69, 9.17) is 9.47 Å². The summed E-state index contributed by atoms with van der Waals surface area (Å²) in [6, 6.07) is 18.2. The summed E-state index contributed by atoms with van der Waals surface area (Å²) in [6.45, 7) is 2.93. The predicted molar refractivity (Wildman–Crippen MR) is 159 cm³/mol. The summed E-state index contributed by atoms with van der Waals surface area (Å²) < 4.78 is 36.5. The van der Waals surface area contributed by atoms with Gasteiger partial charge in [-0.1, -0.05) is 18.2 Å². The van der Waals surface area contributed by atoms with Gasteiger partial charge in [-0.05, 0) is 80.7 Å². The van der Waals surface area contributed by atoms with Gasteiger partial charge in [0.25, 0.3) is 0 Å². The Kier molecular flexibility index (Phi) is 10.6. The molecular formula is C29H38N4O7S. The fraction of sp³-hybridized carbons (Fsp3) is 0.345. The first kappa shape index (κ1) is 31.7. The molecule has 11 nitrogen and oxygen atoms in total. The molecule has 0 aromatic heterocycles. The van der Waals surface area contributed by atoms with Crippen molar-refractivity contribution in [2.75, 3.05) is 57.2 Å². The topological polar surface area (TPSA) is 149 Å². The number of carbonyl (C=O) groups excluding carboxylic acids is 1. The molecule has 12 heteroatoms. The van der Waals surface area contributed by atoms with E-state index in [0.29, 0.717) is 34.9 Å². The van der Waals surface area contributed by atoms with Crippen LogP contribution in [0.25, 0.3) is 0 Å². The van der Waals surface area contributed by atoms with Gasteiger partial charge in [0.15, 0.2) is 0 Å². The van der Waals surface area contributed by atoms with Crippen LogP contribution < -0.4 is 24.8 Å². The zero-order chi connectivity index (χ0) is 30.2. The maximum Gasteiger partial charge on any atom is 0.249 e. The molecule has 0 fully saturated rings. The number of nitrogens with one attached hydrogen (secondary N) is 3. The highest BCUT2D eigenvalue weighted by atomic mass is 32.2. The largest absolute Gasteiger partial charge is 0.506 e. The lowest BCUT2D eigenvalue weighted by molar-refractivity contribution is -0.122. The van der Waals surface area contributed by atoms with Crippen molar-refractivity contribution in [3.05, 3.63) is 77.9 Å². The van der Waals surface area contributed by atoms with E-state index >= 15 is 0 Å². The van der Waals surface area contributed by atoms with Gasteiger partial charge < -0.3 is 29.9 Å². The number of hydrogen-bond donors (Lipinski definition) is 5. The number of anilines is 2. The molecule has 0 saturated heterocycles. The minimum atomic E-state index is -3.65. The molecule has 41 heavy (non-hydrogen) atoms. The first-order valence-electron chi connectivity index (χ1n) is 12.9. The number of amides is 1. The monoisotopic (exact) mass is 586 g/mol. The number of phenolic OH excluding ortho intramolecular Hbond substituents is 1. The van der Waals surface area contributed by atoms with Gasteiger partial charge in [-0.15, -0.1) is 0 Å². The van der Waals surface area contributed by atoms with Crippen LogP contribution in [-0.2, 0) is 20.4 Å². The highest BCUT2D eigenvalue weighted by molar-refractivity contribution is 7.92. The van der Waals surface area contributed by atoms with Gasteiger partial charge >= 0.3 is 0 Å². The van der Waals surface area contributed by atoms with Crippen LogP contribution in [0, 0.1) is 0 Å². The van der Waals surface area contributed by atoms with Gasteiger partial charge in [-0.2, -0.15) is 0 Å². The first-order valence-corrected chi connectivity index (χ1v) is 14.8. The Labute approximate surface area is 241 Å². The normalized spacial score (nSPS) is 13.7. The summed E-state index contributed by atoms with van der Waals surface area (Å²) in [7, 11) is 1.83. The molecule has 1 amide bonds. The second kappa shape index (κ2) is 13.7. The quantitative estimate of drug-likeness (QED) is 0.180. The molecule has 0 aliphatic heterocycles. The predicted octanol–water partition coefficient (Wildman–Crippen LogP) is 2.89. The second-order valence-electron chi connectivity index (χ2n) is 10.0. The lowest BCUT2D eigenvalue weighted by atomic mass is 9.90. The van der Waals surface area contributed by atoms with Crippen molar-refractivity contribution < 1.29 is 32.9 Å². The molecule has 3 aromatic carbocycles. The Morgan fingerprint density at radius 3 is 2.24 bits per heavy atom. The molecule has 2 unspecified atom stereocenters. The summed E-state index contributed by atoms with van der Waals surface area (Å²) in [5.41, 5.74) is 0.167. The lowest BCUT2D eigenvalue weighted by Crippen LogP contribution is -2.50. The van der Waals surface area contributed by atoms with Crippen LogP contribution in [0.15, 0.2) is 66.7 Å². The zero-order valence-corrected chi connectivity index (χ0v) is 24.7. The van der Waals surface area contributed by atoms with Crippen molar-refractivity contribution in [2.24, 2.45) is 0 Å². The smallest absolute Gasteiger partial charge is 0.249 e. The number of sulfonamides is 1. The summed E-state index contributed by atoms with van der Waals surface area (Å²) in [4.78, 5) is 15.7. The van der Waals surface area contributed by atoms with Gasteiger partial charge in [0, 0.05) is 18.8 Å². The molecule has 3 rings (SSSR count). The lowest BCUT2D eigenvalue weighted by Gasteiger charge is -2.31. The summed E-state index contributed by atoms with van der Waals surface area (Å²) in [6.07, 6.45) is -0.179. The van der Waals surface area contributed by atoms with Crippen LogP contribution in [0.5, 0.6) is 17.2 Å². The number of hydrogen-bond acceptors (Lipinski definition) is 9. The van der Waals surface area contributed by atoms with Gasteiger partial charge in [0.1, 0.15) is 29.4 Å². The summed E-state index contributed by atoms with van der Waals surface area (Å²) in [5, 5.41) is 27.1. The molecule has 0 aliphatic rings. The average molecular weight is 587 g/mol. The zero-order valence-electron chi connectivity index (χ0n) is 23.8. The average Bonchev–Trinajstić information content (AvgIpc) is 2.92. The Morgan fingerprint density at radius 2 is 1.66 bits per heavy atom. The number of ether oxygens (including phenoxy) is 2. The van der Waals surface area contributed by atoms with E-state index in [9.17, 15) is 23.4 Å². The van der Waals surface area contributed by atoms with Crippen LogP contribution in [0.3, 0.4) is 0 Å². The van der Waals surface area contributed by atoms with Crippen molar-refractivity contribution in [3.8, 4) is 17.2 Å². The van der Waals surface area contributed by atoms with E-state index in [2.05, 4.69) is 15.4 Å². The molecule has 5 N–H and O–H groups in total. The second-order valence-corrected chi connectivity index (χ2v) is 11.8. The van der Waals surface area contributed by atoms with E-state index in [1.54, 1.807) is 62.6 Å². The number of nitrogens with zero attached hydrogens (tertiary/aromatic N) is 1. The third kappa shape index (κ3) is 9.08. The number of phenols is 1. The van der Waals surface area contributed by atoms with Crippen LogP contribution in [0.2, 0.25) is 0 Å². The summed E-state index contributed by atoms with van der Waals surface area (Å²) >= 11 is 0. The fourth-order valence-corrected chi connectivity index (χ4v) is 4.50. The number of methoxy groups -OCH3 is 1. The van der Waals surface area contributed by atoms with Crippen molar-refractivity contribution in [1.82, 2.24) is 10.2 Å². The molecule has 0 bridgehead atoms. The number of benzene rings is 3. The Bertz CT molecular complexity index is 1410. The molecule has 0 spiro atoms. The minimum Gasteiger partial charge on any atom is -0.506 e. The number of aromatic hydroxyl groups is 1. The van der Waals surface area contributed by atoms with Crippen LogP contribution >= 0.6 is 0 Å². The van der Waals surface area contributed by atoms with Crippen molar-refractivity contribution in [2.45, 2.75) is 18.6 Å². The minimum absolute atomic E-state index is 0.0612. The van der Waals surface area contributed by atoms with Gasteiger partial charge in [-0.25, -0.2) is 8.42 Å². The van der Waals surface area contributed by atoms with E-state index in [1.165, 1.54) is 18.2 Å². The SMILES string of the molecule is COc1ccc(C(C)(NCC(O)c2ccc(O)c(NS(C)(=O)=O)c2)C(=O)Nc2ccc(OCCN(C)C)cc2)cc1. The molecular weight excluding hydrogens is 548 g/mol. The molecule has 3 aromatic rings. The highest BCUT2D eigenvalue weighted by Gasteiger charge is 2.35. The maximum absolute atomic E-state index is 13.7. The van der Waals surface area contributed by atoms with Crippen molar-refractivity contribution >= 4 is 27.3 Å². The molecule has 0 radical (unpaired) electrons. The van der Waals surface area contributed by atoms with Crippen LogP contribution in [-0.4, -0.2) is 76.6 Å². The molecule has 0 heterocycles. The maximum atomic E-state index is 13.7. The number of carbonyl (C=O) groups is 1. The molecule has 0 saturated carbocycles. The van der Waals surface area contributed by atoms with E-state index in [-0.39, 0.29) is 23.9 Å². The number of rotatable bonds is 14. The third-order valence-corrected chi connectivity index (χ3v) is 6.98. The standard InChI is InChI=1S/C29H38N4O7S/c1-29(21-7-11-23(39-4)12-8-21,28(36)31-22-9-13-24(14-10-22)40-17-16-33(2)3)30-19-27(35)20-6-15-26(34)25(18-20)32-41(5,37)38/h6-15,18,27,30,32,34-35H,16-17,19H2,1-5H3,(H,31,36). The van der Waals surface area contributed by atoms with Crippen molar-refractivity contribution in [1.29, 1.82) is 0 Å². The van der Waals surface area contributed by atoms with E-state index < -0.39 is 21.7 Å². The Morgan fingerprint density at radius 1 is 1.02 bits per heavy atom. The molecule has 2 atom stereocenters. The van der Waals surface area contributed by atoms with Crippen LogP contribution in [0.4, 0.5) is 11.4 Å².